The van der Waals surface area contributed by atoms with Crippen molar-refractivity contribution in [2.24, 2.45) is 0 Å². The normalized spacial score (nSPS) is 11.2. The minimum absolute atomic E-state index is 0.367. The molecule has 3 aromatic carbocycles. The Morgan fingerprint density at radius 1 is 0.950 bits per heavy atom. The highest BCUT2D eigenvalue weighted by Crippen LogP contribution is 2.28. The number of benzene rings is 3. The fraction of sp³-hybridized carbons (Fsp3) is 0.333. The molecule has 0 fully saturated rings. The van der Waals surface area contributed by atoms with Gasteiger partial charge in [-0.05, 0) is 61.2 Å². The number of carbonyl (C=O) groups is 1. The van der Waals surface area contributed by atoms with Crippen molar-refractivity contribution in [2.75, 3.05) is 13.7 Å². The molecule has 0 saturated carbocycles. The summed E-state index contributed by atoms with van der Waals surface area (Å²) in [5.41, 5.74) is 5.14. The van der Waals surface area contributed by atoms with Gasteiger partial charge < -0.3 is 14.0 Å². The molecule has 7 heteroatoms. The van der Waals surface area contributed by atoms with E-state index >= 15 is 4.39 Å². The van der Waals surface area contributed by atoms with Crippen LogP contribution in [0.5, 0.6) is 5.75 Å². The highest BCUT2D eigenvalue weighted by atomic mass is 19.1. The molecule has 0 saturated heterocycles. The summed E-state index contributed by atoms with van der Waals surface area (Å²) >= 11 is 0. The van der Waals surface area contributed by atoms with Crippen LogP contribution in [0.1, 0.15) is 59.4 Å². The van der Waals surface area contributed by atoms with Gasteiger partial charge in [0.15, 0.2) is 0 Å². The molecule has 0 N–H and O–H groups in total. The summed E-state index contributed by atoms with van der Waals surface area (Å²) in [6.45, 7) is 8.90. The number of ether oxygens (including phenoxy) is 2. The first-order valence-corrected chi connectivity index (χ1v) is 13.9. The molecule has 4 rings (SSSR count). The van der Waals surface area contributed by atoms with E-state index in [9.17, 15) is 4.79 Å². The van der Waals surface area contributed by atoms with Gasteiger partial charge >= 0.3 is 5.97 Å². The predicted molar refractivity (Wildman–Crippen MR) is 156 cm³/mol. The Morgan fingerprint density at radius 2 is 1.70 bits per heavy atom. The second kappa shape index (κ2) is 13.9. The molecule has 6 nitrogen and oxygen atoms in total. The number of nitrogens with zero attached hydrogens (tertiary/aromatic N) is 3. The lowest BCUT2D eigenvalue weighted by Crippen LogP contribution is -2.25. The van der Waals surface area contributed by atoms with Crippen LogP contribution in [-0.2, 0) is 30.9 Å². The van der Waals surface area contributed by atoms with Crippen molar-refractivity contribution < 1.29 is 18.7 Å². The monoisotopic (exact) mass is 543 g/mol. The molecular weight excluding hydrogens is 505 g/mol. The van der Waals surface area contributed by atoms with Gasteiger partial charge in [-0.25, -0.2) is 4.79 Å². The van der Waals surface area contributed by atoms with Gasteiger partial charge in [-0.1, -0.05) is 61.9 Å². The minimum atomic E-state index is -0.441. The summed E-state index contributed by atoms with van der Waals surface area (Å²) < 4.78 is 28.3. The van der Waals surface area contributed by atoms with Crippen LogP contribution in [0.4, 0.5) is 4.39 Å². The first kappa shape index (κ1) is 29.0. The first-order valence-electron chi connectivity index (χ1n) is 13.9. The standard InChI is InChI=1S/C33H38FN3O3/c1-5-7-19-37-30(31(34)35-32(37)29-14-9-8-11-24(29)3)23-36(22-26-12-10-13-28(20-26)40-6-2)21-25-15-17-27(18-16-25)33(38)39-4/h8-18,20H,5-7,19,21-23H2,1-4H3. The van der Waals surface area contributed by atoms with E-state index < -0.39 is 5.95 Å². The SMILES string of the molecule is CCCCn1c(-c2ccccc2C)nc(F)c1CN(Cc1ccc(C(=O)OC)cc1)Cc1cccc(OCC)c1. The van der Waals surface area contributed by atoms with Crippen molar-refractivity contribution in [3.8, 4) is 17.1 Å². The second-order valence-corrected chi connectivity index (χ2v) is 9.91. The molecule has 0 amide bonds. The smallest absolute Gasteiger partial charge is 0.337 e. The minimum Gasteiger partial charge on any atom is -0.494 e. The quantitative estimate of drug-likeness (QED) is 0.167. The van der Waals surface area contributed by atoms with E-state index in [-0.39, 0.29) is 5.97 Å². The van der Waals surface area contributed by atoms with Crippen LogP contribution in [0.2, 0.25) is 0 Å². The Morgan fingerprint density at radius 3 is 2.40 bits per heavy atom. The number of unbranched alkanes of at least 4 members (excludes halogenated alkanes) is 1. The molecule has 0 unspecified atom stereocenters. The molecule has 210 valence electrons. The van der Waals surface area contributed by atoms with Crippen molar-refractivity contribution in [3.63, 3.8) is 0 Å². The summed E-state index contributed by atoms with van der Waals surface area (Å²) in [6.07, 6.45) is 1.92. The van der Waals surface area contributed by atoms with E-state index in [0.717, 1.165) is 40.8 Å². The van der Waals surface area contributed by atoms with Crippen molar-refractivity contribution in [2.45, 2.75) is 59.8 Å². The van der Waals surface area contributed by atoms with E-state index in [1.165, 1.54) is 7.11 Å². The number of imidazole rings is 1. The lowest BCUT2D eigenvalue weighted by Gasteiger charge is -2.24. The maximum absolute atomic E-state index is 15.7. The molecule has 0 aliphatic heterocycles. The molecule has 0 bridgehead atoms. The molecule has 0 spiro atoms. The first-order chi connectivity index (χ1) is 19.4. The van der Waals surface area contributed by atoms with Gasteiger partial charge in [-0.15, -0.1) is 0 Å². The molecule has 0 aliphatic rings. The molecule has 1 aromatic heterocycles. The third kappa shape index (κ3) is 7.16. The zero-order chi connectivity index (χ0) is 28.5. The van der Waals surface area contributed by atoms with Crippen LogP contribution < -0.4 is 4.74 Å². The Balaban J connectivity index is 1.70. The zero-order valence-corrected chi connectivity index (χ0v) is 23.8. The Labute approximate surface area is 236 Å². The molecular formula is C33H38FN3O3. The lowest BCUT2D eigenvalue weighted by atomic mass is 10.1. The van der Waals surface area contributed by atoms with Crippen molar-refractivity contribution in [1.29, 1.82) is 0 Å². The summed E-state index contributed by atoms with van der Waals surface area (Å²) in [7, 11) is 1.37. The van der Waals surface area contributed by atoms with Crippen LogP contribution in [0.25, 0.3) is 11.4 Å². The number of hydrogen-bond donors (Lipinski definition) is 0. The van der Waals surface area contributed by atoms with E-state index in [1.54, 1.807) is 12.1 Å². The Bertz CT molecular complexity index is 1410. The summed E-state index contributed by atoms with van der Waals surface area (Å²) in [5.74, 6) is 0.661. The van der Waals surface area contributed by atoms with Gasteiger partial charge in [-0.2, -0.15) is 9.37 Å². The van der Waals surface area contributed by atoms with E-state index in [0.29, 0.717) is 49.9 Å². The van der Waals surface area contributed by atoms with Gasteiger partial charge in [0, 0.05) is 31.7 Å². The topological polar surface area (TPSA) is 56.6 Å². The number of carbonyl (C=O) groups excluding carboxylic acids is 1. The third-order valence-corrected chi connectivity index (χ3v) is 6.92. The van der Waals surface area contributed by atoms with E-state index in [1.807, 2.05) is 73.0 Å². The zero-order valence-electron chi connectivity index (χ0n) is 23.8. The summed E-state index contributed by atoms with van der Waals surface area (Å²) in [6, 6.07) is 23.3. The largest absolute Gasteiger partial charge is 0.494 e. The molecule has 1 heterocycles. The number of aryl methyl sites for hydroxylation is 1. The maximum atomic E-state index is 15.7. The number of hydrogen-bond acceptors (Lipinski definition) is 5. The van der Waals surface area contributed by atoms with Gasteiger partial charge in [0.25, 0.3) is 0 Å². The Hall–Kier alpha value is -3.97. The van der Waals surface area contributed by atoms with Crippen LogP contribution in [0.3, 0.4) is 0 Å². The molecule has 4 aromatic rings. The highest BCUT2D eigenvalue weighted by molar-refractivity contribution is 5.89. The van der Waals surface area contributed by atoms with Gasteiger partial charge in [0.1, 0.15) is 11.6 Å². The maximum Gasteiger partial charge on any atom is 0.337 e. The fourth-order valence-electron chi connectivity index (χ4n) is 4.85. The number of rotatable bonds is 13. The number of aromatic nitrogens is 2. The lowest BCUT2D eigenvalue weighted by molar-refractivity contribution is 0.0600. The van der Waals surface area contributed by atoms with Gasteiger partial charge in [-0.3, -0.25) is 4.90 Å². The summed E-state index contributed by atoms with van der Waals surface area (Å²) in [5, 5.41) is 0. The van der Waals surface area contributed by atoms with Crippen molar-refractivity contribution in [1.82, 2.24) is 14.5 Å². The fourth-order valence-corrected chi connectivity index (χ4v) is 4.85. The van der Waals surface area contributed by atoms with E-state index in [4.69, 9.17) is 9.47 Å². The second-order valence-electron chi connectivity index (χ2n) is 9.91. The van der Waals surface area contributed by atoms with Gasteiger partial charge in [0.2, 0.25) is 5.95 Å². The van der Waals surface area contributed by atoms with Crippen LogP contribution >= 0.6 is 0 Å². The molecule has 0 aliphatic carbocycles. The van der Waals surface area contributed by atoms with Crippen LogP contribution in [0, 0.1) is 12.9 Å². The van der Waals surface area contributed by atoms with Gasteiger partial charge in [0.05, 0.1) is 25.0 Å². The molecule has 40 heavy (non-hydrogen) atoms. The number of esters is 1. The average molecular weight is 544 g/mol. The Kier molecular flexibility index (Phi) is 10.1. The number of halogens is 1. The third-order valence-electron chi connectivity index (χ3n) is 6.92. The van der Waals surface area contributed by atoms with Crippen molar-refractivity contribution in [3.05, 3.63) is 107 Å². The molecule has 0 atom stereocenters. The van der Waals surface area contributed by atoms with Crippen molar-refractivity contribution >= 4 is 5.97 Å². The van der Waals surface area contributed by atoms with Crippen LogP contribution in [-0.4, -0.2) is 34.1 Å². The van der Waals surface area contributed by atoms with E-state index in [2.05, 4.69) is 22.9 Å². The number of methoxy groups -OCH3 is 1. The average Bonchev–Trinajstić information content (AvgIpc) is 3.26. The van der Waals surface area contributed by atoms with Crippen LogP contribution in [0.15, 0.2) is 72.8 Å². The predicted octanol–water partition coefficient (Wildman–Crippen LogP) is 7.19. The molecule has 0 radical (unpaired) electrons. The highest BCUT2D eigenvalue weighted by Gasteiger charge is 2.22. The summed E-state index contributed by atoms with van der Waals surface area (Å²) in [4.78, 5) is 18.6.